The first kappa shape index (κ1) is 18.5. The zero-order valence-corrected chi connectivity index (χ0v) is 13.8. The van der Waals surface area contributed by atoms with Crippen molar-refractivity contribution in [3.8, 4) is 16.9 Å². The number of nitrogens with one attached hydrogen (secondary N) is 1. The van der Waals surface area contributed by atoms with Crippen LogP contribution in [0, 0.1) is 0 Å². The van der Waals surface area contributed by atoms with E-state index in [0.29, 0.717) is 19.2 Å². The number of halogens is 1. The first-order valence-electron chi connectivity index (χ1n) is 7.35. The second kappa shape index (κ2) is 9.46. The van der Waals surface area contributed by atoms with Crippen LogP contribution in [-0.2, 0) is 0 Å². The van der Waals surface area contributed by atoms with Gasteiger partial charge < -0.3 is 15.2 Å². The van der Waals surface area contributed by atoms with Crippen LogP contribution < -0.4 is 10.1 Å². The van der Waals surface area contributed by atoms with Gasteiger partial charge in [0.2, 0.25) is 0 Å². The zero-order valence-electron chi connectivity index (χ0n) is 13.0. The lowest BCUT2D eigenvalue weighted by Gasteiger charge is -2.15. The Balaban J connectivity index is 0.00000242. The predicted octanol–water partition coefficient (Wildman–Crippen LogP) is 3.51. The van der Waals surface area contributed by atoms with Gasteiger partial charge in [-0.15, -0.1) is 12.4 Å². The molecule has 0 saturated carbocycles. The van der Waals surface area contributed by atoms with Crippen molar-refractivity contribution in [1.82, 2.24) is 5.32 Å². The highest BCUT2D eigenvalue weighted by atomic mass is 35.5. The molecular formula is C18H24ClNO2. The van der Waals surface area contributed by atoms with Gasteiger partial charge in [0, 0.05) is 12.6 Å². The Bertz CT molecular complexity index is 529. The number of rotatable bonds is 7. The van der Waals surface area contributed by atoms with Crippen molar-refractivity contribution in [3.05, 3.63) is 54.6 Å². The lowest BCUT2D eigenvalue weighted by molar-refractivity contribution is 0.104. The average molecular weight is 322 g/mol. The Morgan fingerprint density at radius 1 is 0.955 bits per heavy atom. The third-order valence-electron chi connectivity index (χ3n) is 3.17. The van der Waals surface area contributed by atoms with Gasteiger partial charge in [-0.25, -0.2) is 0 Å². The molecule has 0 bridgehead atoms. The predicted molar refractivity (Wildman–Crippen MR) is 93.8 cm³/mol. The second-order valence-electron chi connectivity index (χ2n) is 5.42. The lowest BCUT2D eigenvalue weighted by atomic mass is 10.1. The molecule has 2 N–H and O–H groups in total. The van der Waals surface area contributed by atoms with E-state index in [4.69, 9.17) is 4.74 Å². The summed E-state index contributed by atoms with van der Waals surface area (Å²) in [5.41, 5.74) is 2.34. The Hall–Kier alpha value is -1.55. The van der Waals surface area contributed by atoms with Crippen molar-refractivity contribution in [3.63, 3.8) is 0 Å². The molecule has 0 spiro atoms. The molecule has 0 aromatic heterocycles. The number of ether oxygens (including phenoxy) is 1. The molecule has 0 aliphatic carbocycles. The summed E-state index contributed by atoms with van der Waals surface area (Å²) in [4.78, 5) is 0. The third kappa shape index (κ3) is 6.06. The van der Waals surface area contributed by atoms with Crippen LogP contribution in [0.25, 0.3) is 11.1 Å². The quantitative estimate of drug-likeness (QED) is 0.820. The van der Waals surface area contributed by atoms with Crippen LogP contribution in [0.4, 0.5) is 0 Å². The number of hydrogen-bond donors (Lipinski definition) is 2. The van der Waals surface area contributed by atoms with Gasteiger partial charge in [-0.3, -0.25) is 0 Å². The van der Waals surface area contributed by atoms with Crippen LogP contribution in [0.3, 0.4) is 0 Å². The van der Waals surface area contributed by atoms with Crippen molar-refractivity contribution in [2.24, 2.45) is 0 Å². The highest BCUT2D eigenvalue weighted by Crippen LogP contribution is 2.22. The molecule has 0 radical (unpaired) electrons. The van der Waals surface area contributed by atoms with Crippen LogP contribution in [0.1, 0.15) is 13.8 Å². The zero-order chi connectivity index (χ0) is 15.1. The smallest absolute Gasteiger partial charge is 0.119 e. The summed E-state index contributed by atoms with van der Waals surface area (Å²) in [6, 6.07) is 18.5. The summed E-state index contributed by atoms with van der Waals surface area (Å²) in [5.74, 6) is 0.776. The van der Waals surface area contributed by atoms with Gasteiger partial charge in [0.1, 0.15) is 18.5 Å². The number of aliphatic hydroxyl groups is 1. The molecule has 1 unspecified atom stereocenters. The van der Waals surface area contributed by atoms with Crippen LogP contribution in [0.5, 0.6) is 5.75 Å². The highest BCUT2D eigenvalue weighted by Gasteiger charge is 2.06. The SMILES string of the molecule is CC(C)NCC(O)COc1ccc(-c2ccccc2)cc1.Cl. The van der Waals surface area contributed by atoms with Crippen molar-refractivity contribution < 1.29 is 9.84 Å². The first-order chi connectivity index (χ1) is 10.1. The maximum atomic E-state index is 9.80. The molecule has 120 valence electrons. The minimum Gasteiger partial charge on any atom is -0.491 e. The molecule has 1 atom stereocenters. The molecule has 0 fully saturated rings. The maximum Gasteiger partial charge on any atom is 0.119 e. The van der Waals surface area contributed by atoms with Crippen molar-refractivity contribution in [1.29, 1.82) is 0 Å². The molecule has 0 amide bonds. The van der Waals surface area contributed by atoms with Crippen molar-refractivity contribution in [2.45, 2.75) is 26.0 Å². The molecule has 4 heteroatoms. The number of benzene rings is 2. The molecule has 2 rings (SSSR count). The molecule has 0 saturated heterocycles. The summed E-state index contributed by atoms with van der Waals surface area (Å²) < 4.78 is 5.60. The van der Waals surface area contributed by atoms with E-state index in [-0.39, 0.29) is 12.4 Å². The van der Waals surface area contributed by atoms with Gasteiger partial charge in [-0.2, -0.15) is 0 Å². The van der Waals surface area contributed by atoms with Crippen molar-refractivity contribution >= 4 is 12.4 Å². The van der Waals surface area contributed by atoms with Gasteiger partial charge in [0.25, 0.3) is 0 Å². The average Bonchev–Trinajstić information content (AvgIpc) is 2.52. The molecule has 2 aromatic carbocycles. The Morgan fingerprint density at radius 3 is 2.14 bits per heavy atom. The largest absolute Gasteiger partial charge is 0.491 e. The Morgan fingerprint density at radius 2 is 1.55 bits per heavy atom. The van der Waals surface area contributed by atoms with Crippen LogP contribution in [0.15, 0.2) is 54.6 Å². The molecule has 0 aliphatic rings. The summed E-state index contributed by atoms with van der Waals surface area (Å²) in [7, 11) is 0. The second-order valence-corrected chi connectivity index (χ2v) is 5.42. The van der Waals surface area contributed by atoms with E-state index >= 15 is 0 Å². The molecule has 0 heterocycles. The third-order valence-corrected chi connectivity index (χ3v) is 3.17. The van der Waals surface area contributed by atoms with Gasteiger partial charge in [-0.05, 0) is 23.3 Å². The summed E-state index contributed by atoms with van der Waals surface area (Å²) in [6.07, 6.45) is -0.499. The summed E-state index contributed by atoms with van der Waals surface area (Å²) >= 11 is 0. The maximum absolute atomic E-state index is 9.80. The van der Waals surface area contributed by atoms with Gasteiger partial charge in [0.05, 0.1) is 0 Å². The monoisotopic (exact) mass is 321 g/mol. The van der Waals surface area contributed by atoms with Gasteiger partial charge >= 0.3 is 0 Å². The number of aliphatic hydroxyl groups excluding tert-OH is 1. The summed E-state index contributed by atoms with van der Waals surface area (Å²) in [6.45, 7) is 4.94. The van der Waals surface area contributed by atoms with Crippen LogP contribution in [-0.4, -0.2) is 30.4 Å². The van der Waals surface area contributed by atoms with E-state index in [1.807, 2.05) is 42.5 Å². The normalized spacial score (nSPS) is 11.8. The van der Waals surface area contributed by atoms with Crippen LogP contribution in [0.2, 0.25) is 0 Å². The fraction of sp³-hybridized carbons (Fsp3) is 0.333. The van der Waals surface area contributed by atoms with E-state index in [1.165, 1.54) is 5.56 Å². The van der Waals surface area contributed by atoms with E-state index in [9.17, 15) is 5.11 Å². The lowest BCUT2D eigenvalue weighted by Crippen LogP contribution is -2.35. The highest BCUT2D eigenvalue weighted by molar-refractivity contribution is 5.85. The number of hydrogen-bond acceptors (Lipinski definition) is 3. The fourth-order valence-electron chi connectivity index (χ4n) is 2.00. The fourth-order valence-corrected chi connectivity index (χ4v) is 2.00. The standard InChI is InChI=1S/C18H23NO2.ClH/c1-14(2)19-12-17(20)13-21-18-10-8-16(9-11-18)15-6-4-3-5-7-15;/h3-11,14,17,19-20H,12-13H2,1-2H3;1H. The minimum atomic E-state index is -0.499. The van der Waals surface area contributed by atoms with E-state index < -0.39 is 6.10 Å². The first-order valence-corrected chi connectivity index (χ1v) is 7.35. The molecule has 3 nitrogen and oxygen atoms in total. The van der Waals surface area contributed by atoms with E-state index in [2.05, 4.69) is 31.3 Å². The van der Waals surface area contributed by atoms with E-state index in [1.54, 1.807) is 0 Å². The topological polar surface area (TPSA) is 41.5 Å². The molecule has 2 aromatic rings. The van der Waals surface area contributed by atoms with Crippen LogP contribution >= 0.6 is 12.4 Å². The summed E-state index contributed by atoms with van der Waals surface area (Å²) in [5, 5.41) is 13.0. The van der Waals surface area contributed by atoms with Gasteiger partial charge in [-0.1, -0.05) is 56.3 Å². The Kier molecular flexibility index (Phi) is 7.96. The van der Waals surface area contributed by atoms with Crippen molar-refractivity contribution in [2.75, 3.05) is 13.2 Å². The molecule has 0 aliphatic heterocycles. The Labute approximate surface area is 138 Å². The molecular weight excluding hydrogens is 298 g/mol. The van der Waals surface area contributed by atoms with Gasteiger partial charge in [0.15, 0.2) is 0 Å². The minimum absolute atomic E-state index is 0. The molecule has 22 heavy (non-hydrogen) atoms. The van der Waals surface area contributed by atoms with E-state index in [0.717, 1.165) is 11.3 Å².